The molecule has 1 amide bonds. The van der Waals surface area contributed by atoms with E-state index >= 15 is 0 Å². The van der Waals surface area contributed by atoms with Gasteiger partial charge in [0.15, 0.2) is 0 Å². The van der Waals surface area contributed by atoms with Gasteiger partial charge in [0.1, 0.15) is 0 Å². The van der Waals surface area contributed by atoms with E-state index in [1.165, 1.54) is 50.7 Å². The number of nitrogens with zero attached hydrogens (tertiary/aromatic N) is 1. The maximum atomic E-state index is 11.7. The van der Waals surface area contributed by atoms with E-state index in [1.54, 1.807) is 0 Å². The van der Waals surface area contributed by atoms with Crippen molar-refractivity contribution in [3.8, 4) is 0 Å². The van der Waals surface area contributed by atoms with Crippen LogP contribution in [0.5, 0.6) is 0 Å². The smallest absolute Gasteiger partial charge is 0.240 e. The molecule has 0 radical (unpaired) electrons. The molecule has 0 aromatic carbocycles. The fraction of sp³-hybridized carbons (Fsp3) is 0.778. The van der Waals surface area contributed by atoms with Gasteiger partial charge in [-0.2, -0.15) is 5.10 Å². The Morgan fingerprint density at radius 2 is 1.90 bits per heavy atom. The quantitative estimate of drug-likeness (QED) is 0.357. The Hall–Kier alpha value is -1.12. The number of unbranched alkanes of at least 4 members (excludes halogenated alkanes) is 7. The molecule has 2 aliphatic carbocycles. The molecule has 0 spiro atoms. The molecule has 2 atom stereocenters. The minimum Gasteiger partial charge on any atom is -0.273 e. The first-order valence-corrected chi connectivity index (χ1v) is 8.83. The molecule has 118 valence electrons. The van der Waals surface area contributed by atoms with Crippen LogP contribution in [-0.2, 0) is 4.79 Å². The number of fused-ring (bicyclic) bond motifs is 1. The summed E-state index contributed by atoms with van der Waals surface area (Å²) in [7, 11) is 0. The first-order valence-electron chi connectivity index (χ1n) is 8.83. The Balaban J connectivity index is 1.44. The van der Waals surface area contributed by atoms with Gasteiger partial charge < -0.3 is 0 Å². The molecular formula is C18H30N2O. The minimum absolute atomic E-state index is 0.0860. The van der Waals surface area contributed by atoms with Crippen LogP contribution < -0.4 is 5.43 Å². The molecule has 2 unspecified atom stereocenters. The van der Waals surface area contributed by atoms with Crippen LogP contribution in [0.15, 0.2) is 17.3 Å². The molecule has 0 bridgehead atoms. The molecule has 3 heteroatoms. The van der Waals surface area contributed by atoms with E-state index in [0.29, 0.717) is 18.3 Å². The highest BCUT2D eigenvalue weighted by molar-refractivity contribution is 5.94. The van der Waals surface area contributed by atoms with Crippen molar-refractivity contribution in [2.24, 2.45) is 16.9 Å². The van der Waals surface area contributed by atoms with E-state index in [1.807, 2.05) is 0 Å². The van der Waals surface area contributed by atoms with Gasteiger partial charge in [0.2, 0.25) is 5.91 Å². The van der Waals surface area contributed by atoms with Gasteiger partial charge in [-0.25, -0.2) is 5.43 Å². The van der Waals surface area contributed by atoms with Crippen LogP contribution in [0, 0.1) is 11.8 Å². The lowest BCUT2D eigenvalue weighted by molar-refractivity contribution is -0.121. The number of carbonyl (C=O) groups excluding carboxylic acids is 1. The van der Waals surface area contributed by atoms with E-state index in [4.69, 9.17) is 0 Å². The Bertz CT molecular complexity index is 387. The normalized spacial score (nSPS) is 24.9. The summed E-state index contributed by atoms with van der Waals surface area (Å²) in [4.78, 5) is 11.7. The molecule has 21 heavy (non-hydrogen) atoms. The lowest BCUT2D eigenvalue weighted by atomic mass is 9.74. The molecule has 2 rings (SSSR count). The average molecular weight is 290 g/mol. The second-order valence-corrected chi connectivity index (χ2v) is 6.50. The second kappa shape index (κ2) is 9.01. The lowest BCUT2D eigenvalue weighted by Gasteiger charge is -2.31. The molecule has 0 aromatic rings. The molecule has 1 N–H and O–H groups in total. The number of allylic oxidation sites excluding steroid dienone is 2. The third-order valence-electron chi connectivity index (χ3n) is 4.74. The van der Waals surface area contributed by atoms with Crippen LogP contribution in [0.3, 0.4) is 0 Å². The zero-order chi connectivity index (χ0) is 14.9. The van der Waals surface area contributed by atoms with Crippen LogP contribution in [0.1, 0.15) is 77.6 Å². The number of hydrogen-bond acceptors (Lipinski definition) is 2. The van der Waals surface area contributed by atoms with Gasteiger partial charge in [-0.05, 0) is 25.2 Å². The van der Waals surface area contributed by atoms with Gasteiger partial charge in [-0.1, -0.05) is 64.0 Å². The fourth-order valence-corrected chi connectivity index (χ4v) is 3.27. The molecule has 2 aliphatic rings. The Kier molecular flexibility index (Phi) is 6.98. The molecule has 0 aromatic heterocycles. The SMILES string of the molecule is CCCCCCCCCCC(=O)NN=C1CC2C=CCC12. The summed E-state index contributed by atoms with van der Waals surface area (Å²) in [6, 6.07) is 0. The van der Waals surface area contributed by atoms with Crippen molar-refractivity contribution in [3.63, 3.8) is 0 Å². The van der Waals surface area contributed by atoms with Crippen LogP contribution >= 0.6 is 0 Å². The minimum atomic E-state index is 0.0860. The van der Waals surface area contributed by atoms with Gasteiger partial charge >= 0.3 is 0 Å². The summed E-state index contributed by atoms with van der Waals surface area (Å²) in [5.74, 6) is 1.38. The summed E-state index contributed by atoms with van der Waals surface area (Å²) in [5.41, 5.74) is 3.93. The van der Waals surface area contributed by atoms with Crippen molar-refractivity contribution >= 4 is 11.6 Å². The maximum Gasteiger partial charge on any atom is 0.240 e. The first kappa shape index (κ1) is 16.3. The van der Waals surface area contributed by atoms with Crippen molar-refractivity contribution in [2.75, 3.05) is 0 Å². The van der Waals surface area contributed by atoms with Crippen molar-refractivity contribution in [2.45, 2.75) is 77.6 Å². The zero-order valence-corrected chi connectivity index (χ0v) is 13.4. The number of hydrazone groups is 1. The third kappa shape index (κ3) is 5.29. The monoisotopic (exact) mass is 290 g/mol. The van der Waals surface area contributed by atoms with Crippen molar-refractivity contribution in [1.82, 2.24) is 5.43 Å². The van der Waals surface area contributed by atoms with E-state index < -0.39 is 0 Å². The highest BCUT2D eigenvalue weighted by atomic mass is 16.2. The Morgan fingerprint density at radius 1 is 1.19 bits per heavy atom. The third-order valence-corrected chi connectivity index (χ3v) is 4.74. The van der Waals surface area contributed by atoms with Crippen LogP contribution in [-0.4, -0.2) is 11.6 Å². The standard InChI is InChI=1S/C18H30N2O/c1-2-3-4-5-6-7-8-9-13-18(21)20-19-17-14-15-11-10-12-16(15)17/h10-11,15-16H,2-9,12-14H2,1H3,(H,20,21). The number of carbonyl (C=O) groups is 1. The number of hydrogen-bond donors (Lipinski definition) is 1. The molecule has 0 heterocycles. The van der Waals surface area contributed by atoms with Crippen LogP contribution in [0.4, 0.5) is 0 Å². The zero-order valence-electron chi connectivity index (χ0n) is 13.4. The molecular weight excluding hydrogens is 260 g/mol. The first-order chi connectivity index (χ1) is 10.3. The maximum absolute atomic E-state index is 11.7. The van der Waals surface area contributed by atoms with E-state index in [0.717, 1.165) is 19.3 Å². The summed E-state index contributed by atoms with van der Waals surface area (Å²) < 4.78 is 0. The summed E-state index contributed by atoms with van der Waals surface area (Å²) in [5, 5.41) is 4.30. The molecule has 3 nitrogen and oxygen atoms in total. The molecule has 0 aliphatic heterocycles. The van der Waals surface area contributed by atoms with Crippen LogP contribution in [0.25, 0.3) is 0 Å². The van der Waals surface area contributed by atoms with Crippen molar-refractivity contribution < 1.29 is 4.79 Å². The van der Waals surface area contributed by atoms with E-state index in [2.05, 4.69) is 29.6 Å². The van der Waals surface area contributed by atoms with Crippen molar-refractivity contribution in [3.05, 3.63) is 12.2 Å². The predicted octanol–water partition coefficient (Wildman–Crippen LogP) is 4.59. The summed E-state index contributed by atoms with van der Waals surface area (Å²) in [6.45, 7) is 2.24. The van der Waals surface area contributed by atoms with E-state index in [9.17, 15) is 4.79 Å². The van der Waals surface area contributed by atoms with Crippen molar-refractivity contribution in [1.29, 1.82) is 0 Å². The Morgan fingerprint density at radius 3 is 2.62 bits per heavy atom. The summed E-state index contributed by atoms with van der Waals surface area (Å²) in [6.07, 6.45) is 17.4. The predicted molar refractivity (Wildman–Crippen MR) is 88.2 cm³/mol. The topological polar surface area (TPSA) is 41.5 Å². The van der Waals surface area contributed by atoms with Gasteiger partial charge in [-0.3, -0.25) is 4.79 Å². The highest BCUT2D eigenvalue weighted by Crippen LogP contribution is 2.40. The summed E-state index contributed by atoms with van der Waals surface area (Å²) >= 11 is 0. The largest absolute Gasteiger partial charge is 0.273 e. The highest BCUT2D eigenvalue weighted by Gasteiger charge is 2.37. The average Bonchev–Trinajstić information content (AvgIpc) is 2.83. The molecule has 1 fully saturated rings. The lowest BCUT2D eigenvalue weighted by Crippen LogP contribution is -2.35. The van der Waals surface area contributed by atoms with Gasteiger partial charge in [0.05, 0.1) is 0 Å². The van der Waals surface area contributed by atoms with Crippen LogP contribution in [0.2, 0.25) is 0 Å². The molecule has 0 saturated heterocycles. The van der Waals surface area contributed by atoms with Gasteiger partial charge in [0.25, 0.3) is 0 Å². The number of amides is 1. The number of rotatable bonds is 10. The van der Waals surface area contributed by atoms with Gasteiger partial charge in [-0.15, -0.1) is 0 Å². The number of nitrogens with one attached hydrogen (secondary N) is 1. The Labute approximate surface area is 129 Å². The second-order valence-electron chi connectivity index (χ2n) is 6.50. The van der Waals surface area contributed by atoms with E-state index in [-0.39, 0.29) is 5.91 Å². The molecule has 1 saturated carbocycles. The van der Waals surface area contributed by atoms with Gasteiger partial charge in [0, 0.05) is 18.1 Å². The fourth-order valence-electron chi connectivity index (χ4n) is 3.27.